The fraction of sp³-hybridized carbons (Fsp3) is 0.286. The number of nitrogens with one attached hydrogen (secondary N) is 3. The van der Waals surface area contributed by atoms with Crippen molar-refractivity contribution >= 4 is 23.4 Å². The van der Waals surface area contributed by atoms with Crippen molar-refractivity contribution in [2.75, 3.05) is 11.9 Å². The Morgan fingerprint density at radius 1 is 1.03 bits per heavy atom. The Morgan fingerprint density at radius 3 is 2.43 bits per heavy atom. The molecule has 158 valence electrons. The molecule has 0 aliphatic heterocycles. The minimum absolute atomic E-state index is 0.0260. The molecule has 0 bridgehead atoms. The molecule has 1 aliphatic carbocycles. The van der Waals surface area contributed by atoms with E-state index in [9.17, 15) is 23.2 Å². The van der Waals surface area contributed by atoms with Crippen LogP contribution in [0, 0.1) is 5.92 Å². The summed E-state index contributed by atoms with van der Waals surface area (Å²) in [6, 6.07) is 12.4. The minimum Gasteiger partial charge on any atom is -0.435 e. The lowest BCUT2D eigenvalue weighted by molar-refractivity contribution is -0.120. The SMILES string of the molecule is O=C(CNC(=O)c1cccc(OC(F)F)c1)NCc1ccc(NC(=O)C2CC2)cc1. The first-order chi connectivity index (χ1) is 14.4. The summed E-state index contributed by atoms with van der Waals surface area (Å²) in [6.07, 6.45) is 1.86. The van der Waals surface area contributed by atoms with E-state index in [1.165, 1.54) is 24.3 Å². The van der Waals surface area contributed by atoms with Crippen LogP contribution in [0.5, 0.6) is 5.75 Å². The van der Waals surface area contributed by atoms with Crippen molar-refractivity contribution in [1.82, 2.24) is 10.6 Å². The second kappa shape index (κ2) is 9.82. The summed E-state index contributed by atoms with van der Waals surface area (Å²) in [5.41, 5.74) is 1.63. The van der Waals surface area contributed by atoms with Crippen molar-refractivity contribution in [1.29, 1.82) is 0 Å². The quantitative estimate of drug-likeness (QED) is 0.585. The second-order valence-corrected chi connectivity index (χ2v) is 6.83. The molecular formula is C21H21F2N3O4. The average Bonchev–Trinajstić information content (AvgIpc) is 3.56. The predicted octanol–water partition coefficient (Wildman–Crippen LogP) is 2.68. The van der Waals surface area contributed by atoms with E-state index in [4.69, 9.17) is 0 Å². The molecule has 0 spiro atoms. The van der Waals surface area contributed by atoms with Gasteiger partial charge in [-0.1, -0.05) is 18.2 Å². The van der Waals surface area contributed by atoms with Gasteiger partial charge in [0.2, 0.25) is 11.8 Å². The van der Waals surface area contributed by atoms with E-state index in [0.29, 0.717) is 5.69 Å². The lowest BCUT2D eigenvalue weighted by atomic mass is 10.2. The molecule has 1 saturated carbocycles. The highest BCUT2D eigenvalue weighted by Gasteiger charge is 2.29. The van der Waals surface area contributed by atoms with Crippen LogP contribution >= 0.6 is 0 Å². The summed E-state index contributed by atoms with van der Waals surface area (Å²) in [4.78, 5) is 35.7. The van der Waals surface area contributed by atoms with Crippen molar-refractivity contribution in [2.45, 2.75) is 26.0 Å². The van der Waals surface area contributed by atoms with E-state index in [2.05, 4.69) is 20.7 Å². The number of amides is 3. The van der Waals surface area contributed by atoms with Crippen molar-refractivity contribution in [3.8, 4) is 5.75 Å². The lowest BCUT2D eigenvalue weighted by Gasteiger charge is -2.09. The zero-order chi connectivity index (χ0) is 21.5. The number of alkyl halides is 2. The Bertz CT molecular complexity index is 915. The highest BCUT2D eigenvalue weighted by molar-refractivity contribution is 5.96. The van der Waals surface area contributed by atoms with Gasteiger partial charge >= 0.3 is 6.61 Å². The zero-order valence-corrected chi connectivity index (χ0v) is 16.0. The first kappa shape index (κ1) is 21.2. The van der Waals surface area contributed by atoms with Gasteiger partial charge in [0.05, 0.1) is 6.54 Å². The first-order valence-corrected chi connectivity index (χ1v) is 9.40. The molecule has 0 heterocycles. The van der Waals surface area contributed by atoms with Gasteiger partial charge in [0.25, 0.3) is 5.91 Å². The third-order valence-corrected chi connectivity index (χ3v) is 4.39. The standard InChI is InChI=1S/C21H21F2N3O4/c22-21(23)30-17-3-1-2-15(10-17)19(28)25-12-18(27)24-11-13-4-8-16(9-5-13)26-20(29)14-6-7-14/h1-5,8-10,14,21H,6-7,11-12H2,(H,24,27)(H,25,28)(H,26,29). The Kier molecular flexibility index (Phi) is 6.95. The topological polar surface area (TPSA) is 96.5 Å². The number of carbonyl (C=O) groups is 3. The maximum Gasteiger partial charge on any atom is 0.387 e. The van der Waals surface area contributed by atoms with E-state index in [0.717, 1.165) is 18.4 Å². The van der Waals surface area contributed by atoms with Crippen molar-refractivity contribution < 1.29 is 27.9 Å². The normalized spacial score (nSPS) is 12.9. The number of rotatable bonds is 9. The van der Waals surface area contributed by atoms with Crippen LogP contribution in [-0.4, -0.2) is 30.9 Å². The van der Waals surface area contributed by atoms with Gasteiger partial charge in [0.1, 0.15) is 5.75 Å². The Labute approximate surface area is 171 Å². The van der Waals surface area contributed by atoms with Crippen molar-refractivity contribution in [2.24, 2.45) is 5.92 Å². The Morgan fingerprint density at radius 2 is 1.77 bits per heavy atom. The first-order valence-electron chi connectivity index (χ1n) is 9.40. The number of hydrogen-bond donors (Lipinski definition) is 3. The monoisotopic (exact) mass is 417 g/mol. The summed E-state index contributed by atoms with van der Waals surface area (Å²) in [5, 5.41) is 7.92. The largest absolute Gasteiger partial charge is 0.435 e. The van der Waals surface area contributed by atoms with E-state index in [-0.39, 0.29) is 36.2 Å². The van der Waals surface area contributed by atoms with Gasteiger partial charge in [0.15, 0.2) is 0 Å². The molecule has 1 aliphatic rings. The van der Waals surface area contributed by atoms with Gasteiger partial charge in [-0.2, -0.15) is 8.78 Å². The molecular weight excluding hydrogens is 396 g/mol. The molecule has 2 aromatic carbocycles. The maximum atomic E-state index is 12.2. The van der Waals surface area contributed by atoms with Gasteiger partial charge in [-0.3, -0.25) is 14.4 Å². The summed E-state index contributed by atoms with van der Waals surface area (Å²) in [5.74, 6) is -0.981. The molecule has 30 heavy (non-hydrogen) atoms. The highest BCUT2D eigenvalue weighted by Crippen LogP contribution is 2.30. The second-order valence-electron chi connectivity index (χ2n) is 6.83. The zero-order valence-electron chi connectivity index (χ0n) is 16.0. The van der Waals surface area contributed by atoms with Crippen molar-refractivity contribution in [3.05, 3.63) is 59.7 Å². The smallest absolute Gasteiger partial charge is 0.387 e. The van der Waals surface area contributed by atoms with Crippen LogP contribution in [0.1, 0.15) is 28.8 Å². The molecule has 0 saturated heterocycles. The molecule has 3 rings (SSSR count). The molecule has 9 heteroatoms. The predicted molar refractivity (Wildman–Crippen MR) is 105 cm³/mol. The fourth-order valence-corrected chi connectivity index (χ4v) is 2.64. The van der Waals surface area contributed by atoms with Crippen LogP contribution in [0.3, 0.4) is 0 Å². The number of benzene rings is 2. The molecule has 0 aromatic heterocycles. The number of ether oxygens (including phenoxy) is 1. The van der Waals surface area contributed by atoms with Gasteiger partial charge < -0.3 is 20.7 Å². The molecule has 7 nitrogen and oxygen atoms in total. The van der Waals surface area contributed by atoms with Gasteiger partial charge in [-0.15, -0.1) is 0 Å². The van der Waals surface area contributed by atoms with Crippen LogP contribution in [-0.2, 0) is 16.1 Å². The summed E-state index contributed by atoms with van der Waals surface area (Å²) in [6.45, 7) is -3.00. The van der Waals surface area contributed by atoms with Crippen LogP contribution in [0.15, 0.2) is 48.5 Å². The number of carbonyl (C=O) groups excluding carboxylic acids is 3. The molecule has 3 N–H and O–H groups in total. The highest BCUT2D eigenvalue weighted by atomic mass is 19.3. The lowest BCUT2D eigenvalue weighted by Crippen LogP contribution is -2.36. The third-order valence-electron chi connectivity index (χ3n) is 4.39. The van der Waals surface area contributed by atoms with Gasteiger partial charge in [-0.05, 0) is 48.7 Å². The van der Waals surface area contributed by atoms with Crippen LogP contribution in [0.4, 0.5) is 14.5 Å². The molecule has 0 atom stereocenters. The summed E-state index contributed by atoms with van der Waals surface area (Å²) < 4.78 is 28.7. The van der Waals surface area contributed by atoms with Gasteiger partial charge in [-0.25, -0.2) is 0 Å². The van der Waals surface area contributed by atoms with Crippen LogP contribution in [0.2, 0.25) is 0 Å². The molecule has 2 aromatic rings. The summed E-state index contributed by atoms with van der Waals surface area (Å²) in [7, 11) is 0. The Balaban J connectivity index is 1.41. The van der Waals surface area contributed by atoms with E-state index in [1.54, 1.807) is 24.3 Å². The molecule has 3 amide bonds. The van der Waals surface area contributed by atoms with E-state index < -0.39 is 18.4 Å². The third kappa shape index (κ3) is 6.54. The summed E-state index contributed by atoms with van der Waals surface area (Å²) >= 11 is 0. The van der Waals surface area contributed by atoms with E-state index >= 15 is 0 Å². The Hall–Kier alpha value is -3.49. The van der Waals surface area contributed by atoms with E-state index in [1.807, 2.05) is 0 Å². The number of anilines is 1. The van der Waals surface area contributed by atoms with Crippen LogP contribution < -0.4 is 20.7 Å². The minimum atomic E-state index is -2.99. The number of halogens is 2. The molecule has 0 radical (unpaired) electrons. The molecule has 1 fully saturated rings. The maximum absolute atomic E-state index is 12.2. The number of hydrogen-bond acceptors (Lipinski definition) is 4. The molecule has 0 unspecified atom stereocenters. The van der Waals surface area contributed by atoms with Gasteiger partial charge in [0, 0.05) is 23.7 Å². The van der Waals surface area contributed by atoms with Crippen LogP contribution in [0.25, 0.3) is 0 Å². The average molecular weight is 417 g/mol. The fourth-order valence-electron chi connectivity index (χ4n) is 2.64. The van der Waals surface area contributed by atoms with Crippen molar-refractivity contribution in [3.63, 3.8) is 0 Å².